The van der Waals surface area contributed by atoms with Crippen molar-refractivity contribution in [3.63, 3.8) is 0 Å². The van der Waals surface area contributed by atoms with E-state index in [2.05, 4.69) is 20.1 Å². The highest BCUT2D eigenvalue weighted by atomic mass is 35.5. The predicted octanol–water partition coefficient (Wildman–Crippen LogP) is 3.78. The molecule has 0 aliphatic carbocycles. The van der Waals surface area contributed by atoms with E-state index in [-0.39, 0.29) is 12.4 Å². The van der Waals surface area contributed by atoms with E-state index in [0.29, 0.717) is 36.2 Å². The Kier molecular flexibility index (Phi) is 8.00. The van der Waals surface area contributed by atoms with Gasteiger partial charge in [-0.2, -0.15) is 0 Å². The van der Waals surface area contributed by atoms with Gasteiger partial charge in [0.05, 0.1) is 25.3 Å². The molecule has 26 heavy (non-hydrogen) atoms. The summed E-state index contributed by atoms with van der Waals surface area (Å²) in [6, 6.07) is 3.86. The number of hydrogen-bond donors (Lipinski definition) is 1. The van der Waals surface area contributed by atoms with Crippen LogP contribution in [0.1, 0.15) is 43.4 Å². The van der Waals surface area contributed by atoms with Crippen LogP contribution in [0.3, 0.4) is 0 Å². The van der Waals surface area contributed by atoms with Gasteiger partial charge in [0.15, 0.2) is 11.5 Å². The molecule has 1 aliphatic rings. The molecule has 0 amide bonds. The number of aromatic nitrogens is 3. The van der Waals surface area contributed by atoms with Crippen molar-refractivity contribution in [3.05, 3.63) is 34.4 Å². The molecule has 3 rings (SSSR count). The van der Waals surface area contributed by atoms with Gasteiger partial charge < -0.3 is 19.4 Å². The molecule has 0 atom stereocenters. The van der Waals surface area contributed by atoms with Crippen molar-refractivity contribution < 1.29 is 9.47 Å². The second kappa shape index (κ2) is 10.00. The first-order valence-electron chi connectivity index (χ1n) is 8.83. The highest BCUT2D eigenvalue weighted by Crippen LogP contribution is 2.36. The summed E-state index contributed by atoms with van der Waals surface area (Å²) in [5.41, 5.74) is 1.04. The Labute approximate surface area is 165 Å². The van der Waals surface area contributed by atoms with Crippen molar-refractivity contribution in [2.24, 2.45) is 0 Å². The van der Waals surface area contributed by atoms with Crippen LogP contribution in [-0.4, -0.2) is 28.5 Å². The first-order valence-corrected chi connectivity index (χ1v) is 9.21. The van der Waals surface area contributed by atoms with Crippen molar-refractivity contribution >= 4 is 24.0 Å². The van der Waals surface area contributed by atoms with E-state index >= 15 is 0 Å². The van der Waals surface area contributed by atoms with Crippen molar-refractivity contribution in [1.29, 1.82) is 0 Å². The second-order valence-electron chi connectivity index (χ2n) is 6.14. The molecule has 2 heterocycles. The van der Waals surface area contributed by atoms with Crippen LogP contribution in [0.4, 0.5) is 0 Å². The van der Waals surface area contributed by atoms with Gasteiger partial charge in [-0.15, -0.1) is 22.6 Å². The zero-order chi connectivity index (χ0) is 17.6. The average molecular weight is 401 g/mol. The minimum Gasteiger partial charge on any atom is -0.493 e. The van der Waals surface area contributed by atoms with Gasteiger partial charge in [0, 0.05) is 19.5 Å². The Morgan fingerprint density at radius 1 is 1.19 bits per heavy atom. The number of aryl methyl sites for hydroxylation is 1. The van der Waals surface area contributed by atoms with Gasteiger partial charge in [-0.25, -0.2) is 0 Å². The van der Waals surface area contributed by atoms with Gasteiger partial charge in [-0.3, -0.25) is 0 Å². The lowest BCUT2D eigenvalue weighted by atomic mass is 10.2. The molecule has 1 aliphatic heterocycles. The van der Waals surface area contributed by atoms with Gasteiger partial charge in [0.1, 0.15) is 11.6 Å². The molecule has 0 bridgehead atoms. The average Bonchev–Trinajstić information content (AvgIpc) is 2.84. The normalized spacial score (nSPS) is 13.5. The van der Waals surface area contributed by atoms with E-state index in [9.17, 15) is 0 Å². The first kappa shape index (κ1) is 20.8. The lowest BCUT2D eigenvalue weighted by Crippen LogP contribution is -2.17. The standard InChI is InChI=1S/C18H25ClN4O2.ClH/c1-3-25-18-14(19)9-13(10-15(18)24-2)11-20-12-17-22-21-16-7-5-4-6-8-23(16)17;/h9-10,20H,3-8,11-12H2,1-2H3;1H. The van der Waals surface area contributed by atoms with Crippen molar-refractivity contribution in [3.8, 4) is 11.5 Å². The van der Waals surface area contributed by atoms with E-state index in [1.54, 1.807) is 7.11 Å². The topological polar surface area (TPSA) is 61.2 Å². The maximum Gasteiger partial charge on any atom is 0.179 e. The molecular formula is C18H26Cl2N4O2. The van der Waals surface area contributed by atoms with Gasteiger partial charge in [-0.05, 0) is 37.5 Å². The van der Waals surface area contributed by atoms with Crippen molar-refractivity contribution in [1.82, 2.24) is 20.1 Å². The molecule has 1 aromatic heterocycles. The second-order valence-corrected chi connectivity index (χ2v) is 6.55. The number of nitrogens with zero attached hydrogens (tertiary/aromatic N) is 3. The number of halogens is 2. The molecule has 1 N–H and O–H groups in total. The third-order valence-electron chi connectivity index (χ3n) is 4.38. The lowest BCUT2D eigenvalue weighted by molar-refractivity contribution is 0.311. The fraction of sp³-hybridized carbons (Fsp3) is 0.556. The van der Waals surface area contributed by atoms with Crippen LogP contribution in [0, 0.1) is 0 Å². The van der Waals surface area contributed by atoms with Gasteiger partial charge >= 0.3 is 0 Å². The third kappa shape index (κ3) is 4.81. The fourth-order valence-corrected chi connectivity index (χ4v) is 3.44. The highest BCUT2D eigenvalue weighted by molar-refractivity contribution is 6.32. The SMILES string of the molecule is CCOc1c(Cl)cc(CNCc2nnc3n2CCCCC3)cc1OC.Cl. The molecule has 2 aromatic rings. The Balaban J connectivity index is 0.00000243. The summed E-state index contributed by atoms with van der Waals surface area (Å²) in [6.45, 7) is 4.84. The maximum absolute atomic E-state index is 6.32. The van der Waals surface area contributed by atoms with E-state index in [1.165, 1.54) is 19.3 Å². The Morgan fingerprint density at radius 3 is 2.81 bits per heavy atom. The summed E-state index contributed by atoms with van der Waals surface area (Å²) in [5, 5.41) is 12.7. The lowest BCUT2D eigenvalue weighted by Gasteiger charge is -2.13. The molecule has 144 valence electrons. The number of nitrogens with one attached hydrogen (secondary N) is 1. The van der Waals surface area contributed by atoms with Crippen LogP contribution in [-0.2, 0) is 26.1 Å². The maximum atomic E-state index is 6.32. The Morgan fingerprint density at radius 2 is 2.04 bits per heavy atom. The van der Waals surface area contributed by atoms with Gasteiger partial charge in [0.2, 0.25) is 0 Å². The van der Waals surface area contributed by atoms with Crippen LogP contribution in [0.15, 0.2) is 12.1 Å². The van der Waals surface area contributed by atoms with Crippen molar-refractivity contribution in [2.75, 3.05) is 13.7 Å². The molecule has 0 unspecified atom stereocenters. The molecule has 0 saturated heterocycles. The summed E-state index contributed by atoms with van der Waals surface area (Å²) in [4.78, 5) is 0. The van der Waals surface area contributed by atoms with Gasteiger partial charge in [-0.1, -0.05) is 18.0 Å². The van der Waals surface area contributed by atoms with Crippen LogP contribution < -0.4 is 14.8 Å². The van der Waals surface area contributed by atoms with E-state index in [1.807, 2.05) is 19.1 Å². The fourth-order valence-electron chi connectivity index (χ4n) is 3.15. The number of fused-ring (bicyclic) bond motifs is 1. The number of methoxy groups -OCH3 is 1. The molecule has 0 radical (unpaired) electrons. The summed E-state index contributed by atoms with van der Waals surface area (Å²) < 4.78 is 13.2. The molecule has 8 heteroatoms. The molecule has 0 saturated carbocycles. The largest absolute Gasteiger partial charge is 0.493 e. The van der Waals surface area contributed by atoms with Crippen LogP contribution in [0.2, 0.25) is 5.02 Å². The summed E-state index contributed by atoms with van der Waals surface area (Å²) in [6.07, 6.45) is 4.69. The molecule has 0 spiro atoms. The minimum absolute atomic E-state index is 0. The Hall–Kier alpha value is -1.50. The predicted molar refractivity (Wildman–Crippen MR) is 105 cm³/mol. The zero-order valence-electron chi connectivity index (χ0n) is 15.3. The summed E-state index contributed by atoms with van der Waals surface area (Å²) >= 11 is 6.32. The highest BCUT2D eigenvalue weighted by Gasteiger charge is 2.15. The van der Waals surface area contributed by atoms with E-state index in [4.69, 9.17) is 21.1 Å². The smallest absolute Gasteiger partial charge is 0.179 e. The number of benzene rings is 1. The van der Waals surface area contributed by atoms with Gasteiger partial charge in [0.25, 0.3) is 0 Å². The molecule has 6 nitrogen and oxygen atoms in total. The first-order chi connectivity index (χ1) is 12.2. The van der Waals surface area contributed by atoms with Crippen LogP contribution >= 0.6 is 24.0 Å². The number of ether oxygens (including phenoxy) is 2. The molecular weight excluding hydrogens is 375 g/mol. The van der Waals surface area contributed by atoms with Crippen LogP contribution in [0.5, 0.6) is 11.5 Å². The number of rotatable bonds is 7. The van der Waals surface area contributed by atoms with Crippen LogP contribution in [0.25, 0.3) is 0 Å². The van der Waals surface area contributed by atoms with E-state index < -0.39 is 0 Å². The minimum atomic E-state index is 0. The van der Waals surface area contributed by atoms with Crippen molar-refractivity contribution in [2.45, 2.75) is 52.2 Å². The Bertz CT molecular complexity index is 721. The molecule has 0 fully saturated rings. The monoisotopic (exact) mass is 400 g/mol. The third-order valence-corrected chi connectivity index (χ3v) is 4.66. The van der Waals surface area contributed by atoms with E-state index in [0.717, 1.165) is 30.2 Å². The summed E-state index contributed by atoms with van der Waals surface area (Å²) in [7, 11) is 1.62. The quantitative estimate of drug-likeness (QED) is 0.765. The zero-order valence-corrected chi connectivity index (χ0v) is 16.8. The summed E-state index contributed by atoms with van der Waals surface area (Å²) in [5.74, 6) is 3.36. The number of hydrogen-bond acceptors (Lipinski definition) is 5. The molecule has 1 aromatic carbocycles.